The van der Waals surface area contributed by atoms with E-state index in [-0.39, 0.29) is 18.1 Å². The van der Waals surface area contributed by atoms with Gasteiger partial charge in [0.25, 0.3) is 0 Å². The molecular weight excluding hydrogens is 268 g/mol. The molecule has 0 spiro atoms. The molecule has 0 bridgehead atoms. The SMILES string of the molecule is CCCn1cc(NC(=O)NCC(CC)(CC)CCO)cn1. The van der Waals surface area contributed by atoms with Crippen molar-refractivity contribution in [1.29, 1.82) is 0 Å². The van der Waals surface area contributed by atoms with Gasteiger partial charge in [0.2, 0.25) is 0 Å². The van der Waals surface area contributed by atoms with E-state index in [1.54, 1.807) is 6.20 Å². The Morgan fingerprint density at radius 2 is 2.10 bits per heavy atom. The van der Waals surface area contributed by atoms with Crippen molar-refractivity contribution in [2.75, 3.05) is 18.5 Å². The molecule has 120 valence electrons. The minimum Gasteiger partial charge on any atom is -0.396 e. The van der Waals surface area contributed by atoms with Gasteiger partial charge in [0, 0.05) is 25.9 Å². The first-order valence-corrected chi connectivity index (χ1v) is 7.77. The van der Waals surface area contributed by atoms with E-state index in [0.717, 1.165) is 25.8 Å². The second-order valence-corrected chi connectivity index (χ2v) is 5.48. The number of anilines is 1. The van der Waals surface area contributed by atoms with Crippen LogP contribution in [0.5, 0.6) is 0 Å². The summed E-state index contributed by atoms with van der Waals surface area (Å²) in [6.45, 7) is 7.82. The largest absolute Gasteiger partial charge is 0.396 e. The van der Waals surface area contributed by atoms with Gasteiger partial charge in [-0.2, -0.15) is 5.10 Å². The Labute approximate surface area is 126 Å². The minimum atomic E-state index is -0.227. The third-order valence-corrected chi connectivity index (χ3v) is 4.11. The zero-order valence-corrected chi connectivity index (χ0v) is 13.4. The smallest absolute Gasteiger partial charge is 0.319 e. The second kappa shape index (κ2) is 8.67. The van der Waals surface area contributed by atoms with Gasteiger partial charge in [-0.1, -0.05) is 20.8 Å². The molecule has 3 N–H and O–H groups in total. The Morgan fingerprint density at radius 3 is 2.67 bits per heavy atom. The Morgan fingerprint density at radius 1 is 1.38 bits per heavy atom. The molecule has 1 aromatic heterocycles. The quantitative estimate of drug-likeness (QED) is 0.655. The van der Waals surface area contributed by atoms with E-state index in [1.807, 2.05) is 10.9 Å². The van der Waals surface area contributed by atoms with E-state index < -0.39 is 0 Å². The van der Waals surface area contributed by atoms with Crippen molar-refractivity contribution < 1.29 is 9.90 Å². The van der Waals surface area contributed by atoms with E-state index in [9.17, 15) is 9.90 Å². The molecule has 6 nitrogen and oxygen atoms in total. The summed E-state index contributed by atoms with van der Waals surface area (Å²) in [5, 5.41) is 19.0. The topological polar surface area (TPSA) is 79.2 Å². The van der Waals surface area contributed by atoms with Crippen molar-refractivity contribution in [2.45, 2.75) is 53.0 Å². The predicted octanol–water partition coefficient (Wildman–Crippen LogP) is 2.60. The molecular formula is C15H28N4O2. The molecule has 0 radical (unpaired) electrons. The molecule has 2 amide bonds. The fourth-order valence-electron chi connectivity index (χ4n) is 2.40. The second-order valence-electron chi connectivity index (χ2n) is 5.48. The van der Waals surface area contributed by atoms with Gasteiger partial charge in [0.1, 0.15) is 0 Å². The fraction of sp³-hybridized carbons (Fsp3) is 0.733. The molecule has 6 heteroatoms. The van der Waals surface area contributed by atoms with Crippen LogP contribution in [0, 0.1) is 5.41 Å². The Hall–Kier alpha value is -1.56. The van der Waals surface area contributed by atoms with E-state index in [4.69, 9.17) is 0 Å². The molecule has 0 saturated heterocycles. The highest BCUT2D eigenvalue weighted by atomic mass is 16.3. The summed E-state index contributed by atoms with van der Waals surface area (Å²) in [4.78, 5) is 11.9. The first-order valence-electron chi connectivity index (χ1n) is 7.77. The van der Waals surface area contributed by atoms with Crippen molar-refractivity contribution in [3.8, 4) is 0 Å². The number of hydrogen-bond donors (Lipinski definition) is 3. The highest BCUT2D eigenvalue weighted by molar-refractivity contribution is 5.88. The third-order valence-electron chi connectivity index (χ3n) is 4.11. The number of aromatic nitrogens is 2. The number of amides is 2. The number of rotatable bonds is 9. The zero-order valence-electron chi connectivity index (χ0n) is 13.4. The van der Waals surface area contributed by atoms with E-state index in [2.05, 4.69) is 36.5 Å². The number of carbonyl (C=O) groups excluding carboxylic acids is 1. The molecule has 0 aliphatic carbocycles. The number of aryl methyl sites for hydroxylation is 1. The summed E-state index contributed by atoms with van der Waals surface area (Å²) < 4.78 is 1.81. The predicted molar refractivity (Wildman–Crippen MR) is 84.3 cm³/mol. The van der Waals surface area contributed by atoms with Gasteiger partial charge in [-0.05, 0) is 31.1 Å². The monoisotopic (exact) mass is 296 g/mol. The lowest BCUT2D eigenvalue weighted by Crippen LogP contribution is -2.39. The first kappa shape index (κ1) is 17.5. The van der Waals surface area contributed by atoms with E-state index >= 15 is 0 Å². The normalized spacial score (nSPS) is 11.4. The van der Waals surface area contributed by atoms with Crippen LogP contribution in [0.4, 0.5) is 10.5 Å². The Bertz CT molecular complexity index is 427. The van der Waals surface area contributed by atoms with Crippen LogP contribution in [0.1, 0.15) is 46.5 Å². The number of aliphatic hydroxyl groups is 1. The van der Waals surface area contributed by atoms with Gasteiger partial charge < -0.3 is 15.7 Å². The first-order chi connectivity index (χ1) is 10.1. The van der Waals surface area contributed by atoms with Crippen molar-refractivity contribution in [3.05, 3.63) is 12.4 Å². The van der Waals surface area contributed by atoms with Gasteiger partial charge in [-0.25, -0.2) is 4.79 Å². The van der Waals surface area contributed by atoms with Crippen LogP contribution < -0.4 is 10.6 Å². The maximum atomic E-state index is 11.9. The molecule has 0 fully saturated rings. The van der Waals surface area contributed by atoms with Gasteiger partial charge in [0.15, 0.2) is 0 Å². The molecule has 0 unspecified atom stereocenters. The maximum absolute atomic E-state index is 11.9. The van der Waals surface area contributed by atoms with Gasteiger partial charge in [-0.15, -0.1) is 0 Å². The fourth-order valence-corrected chi connectivity index (χ4v) is 2.40. The number of carbonyl (C=O) groups is 1. The van der Waals surface area contributed by atoms with E-state index in [1.165, 1.54) is 0 Å². The summed E-state index contributed by atoms with van der Waals surface area (Å²) in [5.74, 6) is 0. The van der Waals surface area contributed by atoms with Crippen LogP contribution in [0.3, 0.4) is 0 Å². The van der Waals surface area contributed by atoms with Crippen LogP contribution in [0.15, 0.2) is 12.4 Å². The molecule has 1 aromatic rings. The summed E-state index contributed by atoms with van der Waals surface area (Å²) >= 11 is 0. The van der Waals surface area contributed by atoms with Crippen LogP contribution >= 0.6 is 0 Å². The average Bonchev–Trinajstić information content (AvgIpc) is 2.91. The van der Waals surface area contributed by atoms with Crippen molar-refractivity contribution in [1.82, 2.24) is 15.1 Å². The number of hydrogen-bond acceptors (Lipinski definition) is 3. The lowest BCUT2D eigenvalue weighted by atomic mass is 9.79. The van der Waals surface area contributed by atoms with Crippen LogP contribution in [0.25, 0.3) is 0 Å². The summed E-state index contributed by atoms with van der Waals surface area (Å²) in [6, 6.07) is -0.227. The molecule has 0 saturated carbocycles. The van der Waals surface area contributed by atoms with Crippen LogP contribution in [0.2, 0.25) is 0 Å². The minimum absolute atomic E-state index is 0.0293. The number of nitrogens with one attached hydrogen (secondary N) is 2. The standard InChI is InChI=1S/C15H28N4O2/c1-4-8-19-11-13(10-17-19)18-14(21)16-12-15(5-2,6-3)7-9-20/h10-11,20H,4-9,12H2,1-3H3,(H2,16,18,21). The van der Waals surface area contributed by atoms with Crippen molar-refractivity contribution >= 4 is 11.7 Å². The summed E-state index contributed by atoms with van der Waals surface area (Å²) in [6.07, 6.45) is 7.04. The molecule has 21 heavy (non-hydrogen) atoms. The van der Waals surface area contributed by atoms with Crippen LogP contribution in [-0.4, -0.2) is 34.1 Å². The summed E-state index contributed by atoms with van der Waals surface area (Å²) in [5.41, 5.74) is 0.667. The third kappa shape index (κ3) is 5.38. The van der Waals surface area contributed by atoms with Crippen molar-refractivity contribution in [2.24, 2.45) is 5.41 Å². The highest BCUT2D eigenvalue weighted by Gasteiger charge is 2.26. The molecule has 0 aromatic carbocycles. The van der Waals surface area contributed by atoms with Crippen LogP contribution in [-0.2, 0) is 6.54 Å². The molecule has 1 heterocycles. The van der Waals surface area contributed by atoms with E-state index in [0.29, 0.717) is 18.7 Å². The lowest BCUT2D eigenvalue weighted by Gasteiger charge is -2.31. The zero-order chi connectivity index (χ0) is 15.7. The number of urea groups is 1. The van der Waals surface area contributed by atoms with Gasteiger partial charge >= 0.3 is 6.03 Å². The number of nitrogens with zero attached hydrogens (tertiary/aromatic N) is 2. The molecule has 0 atom stereocenters. The van der Waals surface area contributed by atoms with Gasteiger partial charge in [-0.3, -0.25) is 4.68 Å². The van der Waals surface area contributed by atoms with Gasteiger partial charge in [0.05, 0.1) is 11.9 Å². The van der Waals surface area contributed by atoms with Crippen molar-refractivity contribution in [3.63, 3.8) is 0 Å². The molecule has 1 rings (SSSR count). The average molecular weight is 296 g/mol. The highest BCUT2D eigenvalue weighted by Crippen LogP contribution is 2.29. The lowest BCUT2D eigenvalue weighted by molar-refractivity contribution is 0.165. The maximum Gasteiger partial charge on any atom is 0.319 e. The number of aliphatic hydroxyl groups excluding tert-OH is 1. The molecule has 0 aliphatic heterocycles. The Kier molecular flexibility index (Phi) is 7.22. The molecule has 0 aliphatic rings. The Balaban J connectivity index is 2.48. The summed E-state index contributed by atoms with van der Waals surface area (Å²) in [7, 11) is 0.